The Hall–Kier alpha value is -0.910. The van der Waals surface area contributed by atoms with Crippen LogP contribution in [0.5, 0.6) is 0 Å². The molecule has 0 bridgehead atoms. The smallest absolute Gasteiger partial charge is 0.346 e. The van der Waals surface area contributed by atoms with Crippen LogP contribution in [-0.4, -0.2) is 11.9 Å². The van der Waals surface area contributed by atoms with Crippen LogP contribution in [0, 0.1) is 8.98 Å². The van der Waals surface area contributed by atoms with E-state index in [-0.39, 0.29) is 5.90 Å². The molecule has 0 aliphatic carbocycles. The van der Waals surface area contributed by atoms with Gasteiger partial charge in [0.2, 0.25) is 5.90 Å². The molecule has 1 aliphatic rings. The first-order valence-corrected chi connectivity index (χ1v) is 4.37. The molecule has 0 atom stereocenters. The monoisotopic (exact) mass is 273 g/mol. The van der Waals surface area contributed by atoms with E-state index in [9.17, 15) is 4.79 Å². The molecule has 3 nitrogen and oxygen atoms in total. The molecular weight excluding hydrogens is 269 g/mol. The van der Waals surface area contributed by atoms with Crippen molar-refractivity contribution < 1.29 is 9.53 Å². The number of nitrogens with one attached hydrogen (secondary N) is 1. The molecule has 12 heavy (non-hydrogen) atoms. The van der Waals surface area contributed by atoms with Crippen molar-refractivity contribution in [3.8, 4) is 0 Å². The van der Waals surface area contributed by atoms with Crippen molar-refractivity contribution >= 4 is 34.5 Å². The summed E-state index contributed by atoms with van der Waals surface area (Å²) in [6.45, 7) is 0. The molecule has 0 saturated carbocycles. The van der Waals surface area contributed by atoms with Crippen LogP contribution in [0.15, 0.2) is 18.2 Å². The van der Waals surface area contributed by atoms with Crippen LogP contribution in [-0.2, 0) is 4.74 Å². The van der Waals surface area contributed by atoms with Gasteiger partial charge >= 0.3 is 5.97 Å². The van der Waals surface area contributed by atoms with E-state index < -0.39 is 5.97 Å². The Bertz CT molecular complexity index is 387. The Balaban J connectivity index is 2.75. The molecule has 0 fully saturated rings. The third kappa shape index (κ3) is 0.945. The van der Waals surface area contributed by atoms with Crippen molar-refractivity contribution in [3.63, 3.8) is 0 Å². The molecular formula is C8H4INO2. The largest absolute Gasteiger partial charge is 0.404 e. The number of fused-ring (bicyclic) bond motifs is 1. The molecule has 1 heterocycles. The quantitative estimate of drug-likeness (QED) is 0.578. The van der Waals surface area contributed by atoms with E-state index in [4.69, 9.17) is 5.41 Å². The lowest BCUT2D eigenvalue weighted by Gasteiger charge is -1.94. The van der Waals surface area contributed by atoms with Gasteiger partial charge in [-0.25, -0.2) is 4.79 Å². The molecule has 4 heteroatoms. The fraction of sp³-hybridized carbons (Fsp3) is 0. The van der Waals surface area contributed by atoms with Gasteiger partial charge in [0.1, 0.15) is 0 Å². The number of halogens is 1. The van der Waals surface area contributed by atoms with Gasteiger partial charge in [-0.15, -0.1) is 0 Å². The van der Waals surface area contributed by atoms with Crippen LogP contribution in [0.4, 0.5) is 0 Å². The number of hydrogen-bond acceptors (Lipinski definition) is 3. The highest BCUT2D eigenvalue weighted by molar-refractivity contribution is 14.1. The Kier molecular flexibility index (Phi) is 1.64. The minimum absolute atomic E-state index is 0.0477. The van der Waals surface area contributed by atoms with E-state index >= 15 is 0 Å². The topological polar surface area (TPSA) is 50.1 Å². The Morgan fingerprint density at radius 2 is 2.17 bits per heavy atom. The molecule has 0 saturated heterocycles. The maximum absolute atomic E-state index is 11.1. The normalized spacial score (nSPS) is 14.4. The van der Waals surface area contributed by atoms with Crippen LogP contribution in [0.3, 0.4) is 0 Å². The molecule has 1 aliphatic heterocycles. The van der Waals surface area contributed by atoms with Crippen LogP contribution in [0.25, 0.3) is 0 Å². The zero-order valence-corrected chi connectivity index (χ0v) is 8.08. The van der Waals surface area contributed by atoms with Gasteiger partial charge in [0.15, 0.2) is 0 Å². The second kappa shape index (κ2) is 2.55. The summed E-state index contributed by atoms with van der Waals surface area (Å²) < 4.78 is 5.48. The van der Waals surface area contributed by atoms with Crippen LogP contribution < -0.4 is 0 Å². The van der Waals surface area contributed by atoms with Crippen molar-refractivity contribution in [2.24, 2.45) is 0 Å². The van der Waals surface area contributed by atoms with Gasteiger partial charge in [0.05, 0.1) is 11.1 Å². The molecule has 2 rings (SSSR count). The molecule has 0 amide bonds. The summed E-state index contributed by atoms with van der Waals surface area (Å²) in [5.41, 5.74) is 1.11. The SMILES string of the molecule is N=C1OC(=O)c2c(I)cccc21. The van der Waals surface area contributed by atoms with Gasteiger partial charge in [0.25, 0.3) is 0 Å². The molecule has 1 aromatic rings. The number of cyclic esters (lactones) is 1. The second-order valence-electron chi connectivity index (χ2n) is 2.38. The summed E-state index contributed by atoms with van der Waals surface area (Å²) in [5, 5.41) is 7.31. The van der Waals surface area contributed by atoms with Crippen molar-refractivity contribution in [2.75, 3.05) is 0 Å². The van der Waals surface area contributed by atoms with E-state index in [0.717, 1.165) is 3.57 Å². The Labute approximate surface area is 82.4 Å². The fourth-order valence-corrected chi connectivity index (χ4v) is 1.84. The summed E-state index contributed by atoms with van der Waals surface area (Å²) in [7, 11) is 0. The Morgan fingerprint density at radius 1 is 1.42 bits per heavy atom. The number of carbonyl (C=O) groups is 1. The summed E-state index contributed by atoms with van der Waals surface area (Å²) in [5.74, 6) is -0.464. The summed E-state index contributed by atoms with van der Waals surface area (Å²) in [6.07, 6.45) is 0. The number of rotatable bonds is 0. The zero-order chi connectivity index (χ0) is 8.72. The van der Waals surface area contributed by atoms with Crippen LogP contribution in [0.1, 0.15) is 15.9 Å². The van der Waals surface area contributed by atoms with E-state index in [0.29, 0.717) is 11.1 Å². The lowest BCUT2D eigenvalue weighted by Crippen LogP contribution is -1.97. The van der Waals surface area contributed by atoms with Gasteiger partial charge in [-0.3, -0.25) is 5.41 Å². The molecule has 0 radical (unpaired) electrons. The van der Waals surface area contributed by atoms with E-state index in [1.807, 2.05) is 6.07 Å². The highest BCUT2D eigenvalue weighted by Crippen LogP contribution is 2.24. The zero-order valence-electron chi connectivity index (χ0n) is 5.93. The van der Waals surface area contributed by atoms with Crippen LogP contribution >= 0.6 is 22.6 Å². The van der Waals surface area contributed by atoms with Gasteiger partial charge in [-0.2, -0.15) is 0 Å². The standard InChI is InChI=1S/C8H4INO2/c9-5-3-1-2-4-6(5)8(11)12-7(4)10/h1-3,10H. The van der Waals surface area contributed by atoms with Crippen molar-refractivity contribution in [2.45, 2.75) is 0 Å². The highest BCUT2D eigenvalue weighted by Gasteiger charge is 2.28. The van der Waals surface area contributed by atoms with Crippen molar-refractivity contribution in [3.05, 3.63) is 32.9 Å². The number of carbonyl (C=O) groups excluding carboxylic acids is 1. The third-order valence-corrected chi connectivity index (χ3v) is 2.56. The van der Waals surface area contributed by atoms with Gasteiger partial charge in [0, 0.05) is 3.57 Å². The van der Waals surface area contributed by atoms with E-state index in [1.165, 1.54) is 0 Å². The first-order valence-electron chi connectivity index (χ1n) is 3.30. The highest BCUT2D eigenvalue weighted by atomic mass is 127. The number of hydrogen-bond donors (Lipinski definition) is 1. The lowest BCUT2D eigenvalue weighted by atomic mass is 10.1. The summed E-state index contributed by atoms with van der Waals surface area (Å²) in [4.78, 5) is 11.1. The summed E-state index contributed by atoms with van der Waals surface area (Å²) in [6, 6.07) is 5.33. The number of ether oxygens (including phenoxy) is 1. The molecule has 60 valence electrons. The minimum Gasteiger partial charge on any atom is -0.404 e. The van der Waals surface area contributed by atoms with Crippen molar-refractivity contribution in [1.29, 1.82) is 5.41 Å². The molecule has 1 aromatic carbocycles. The second-order valence-corrected chi connectivity index (χ2v) is 3.54. The minimum atomic E-state index is -0.417. The Morgan fingerprint density at radius 3 is 2.83 bits per heavy atom. The molecule has 0 unspecified atom stereocenters. The van der Waals surface area contributed by atoms with E-state index in [1.54, 1.807) is 12.1 Å². The predicted octanol–water partition coefficient (Wildman–Crippen LogP) is 1.79. The van der Waals surface area contributed by atoms with Gasteiger partial charge in [-0.1, -0.05) is 6.07 Å². The van der Waals surface area contributed by atoms with Gasteiger partial charge < -0.3 is 4.74 Å². The average Bonchev–Trinajstić information content (AvgIpc) is 2.29. The van der Waals surface area contributed by atoms with E-state index in [2.05, 4.69) is 27.3 Å². The maximum atomic E-state index is 11.1. The van der Waals surface area contributed by atoms with Crippen molar-refractivity contribution in [1.82, 2.24) is 0 Å². The number of benzene rings is 1. The van der Waals surface area contributed by atoms with Crippen LogP contribution in [0.2, 0.25) is 0 Å². The lowest BCUT2D eigenvalue weighted by molar-refractivity contribution is 0.0735. The average molecular weight is 273 g/mol. The summed E-state index contributed by atoms with van der Waals surface area (Å²) >= 11 is 2.05. The number of esters is 1. The predicted molar refractivity (Wildman–Crippen MR) is 51.4 cm³/mol. The fourth-order valence-electron chi connectivity index (χ4n) is 1.12. The third-order valence-electron chi connectivity index (χ3n) is 1.66. The maximum Gasteiger partial charge on any atom is 0.346 e. The first kappa shape index (κ1) is 7.72. The molecule has 0 spiro atoms. The molecule has 0 aromatic heterocycles. The first-order chi connectivity index (χ1) is 5.70. The molecule has 1 N–H and O–H groups in total. The van der Waals surface area contributed by atoms with Gasteiger partial charge in [-0.05, 0) is 34.7 Å².